The third kappa shape index (κ3) is 4.07. The fraction of sp³-hybridized carbons (Fsp3) is 0.400. The smallest absolute Gasteiger partial charge is 0.203 e. The number of anilines is 1. The van der Waals surface area contributed by atoms with Crippen LogP contribution in [0.1, 0.15) is 11.1 Å². The first kappa shape index (κ1) is 18.8. The zero-order chi connectivity index (χ0) is 19.2. The predicted molar refractivity (Wildman–Crippen MR) is 103 cm³/mol. The van der Waals surface area contributed by atoms with E-state index in [4.69, 9.17) is 19.5 Å². The highest BCUT2D eigenvalue weighted by atomic mass is 16.5. The van der Waals surface area contributed by atoms with Crippen LogP contribution in [0.15, 0.2) is 30.5 Å². The molecule has 1 aliphatic rings. The van der Waals surface area contributed by atoms with E-state index >= 15 is 0 Å². The van der Waals surface area contributed by atoms with Crippen LogP contribution in [-0.4, -0.2) is 57.4 Å². The minimum Gasteiger partial charge on any atom is -0.493 e. The molecule has 27 heavy (non-hydrogen) atoms. The number of hydrogen-bond acceptors (Lipinski definition) is 7. The lowest BCUT2D eigenvalue weighted by atomic mass is 10.1. The minimum absolute atomic E-state index is 0.581. The average molecular weight is 368 g/mol. The molecule has 1 saturated heterocycles. The minimum atomic E-state index is 0.581. The molecule has 0 atom stereocenters. The molecule has 1 aromatic heterocycles. The van der Waals surface area contributed by atoms with Crippen LogP contribution in [0.25, 0.3) is 0 Å². The molecule has 0 radical (unpaired) electrons. The topological polar surface area (TPSA) is 70.9 Å². The standard InChI is InChI=1S/C20H24N4O3/c1-25-17-6-5-16(19(26-2)20(17)27-3)14-23-8-10-24(11-9-23)18-7-4-15(12-21)13-22-18/h4-7,13H,8-11,14H2,1-3H3. The number of methoxy groups -OCH3 is 3. The average Bonchev–Trinajstić information content (AvgIpc) is 2.73. The Labute approximate surface area is 159 Å². The highest BCUT2D eigenvalue weighted by Crippen LogP contribution is 2.40. The normalized spacial score (nSPS) is 14.5. The van der Waals surface area contributed by atoms with E-state index in [1.807, 2.05) is 24.3 Å². The number of aromatic nitrogens is 1. The Hall–Kier alpha value is -2.98. The molecule has 0 bridgehead atoms. The molecule has 2 heterocycles. The number of rotatable bonds is 6. The van der Waals surface area contributed by atoms with Gasteiger partial charge in [0.2, 0.25) is 5.75 Å². The summed E-state index contributed by atoms with van der Waals surface area (Å²) >= 11 is 0. The molecule has 142 valence electrons. The van der Waals surface area contributed by atoms with Crippen molar-refractivity contribution in [3.05, 3.63) is 41.6 Å². The van der Waals surface area contributed by atoms with Gasteiger partial charge in [0.15, 0.2) is 11.5 Å². The molecule has 0 saturated carbocycles. The number of benzene rings is 1. The van der Waals surface area contributed by atoms with Gasteiger partial charge in [-0.05, 0) is 18.2 Å². The summed E-state index contributed by atoms with van der Waals surface area (Å²) in [6.45, 7) is 4.37. The van der Waals surface area contributed by atoms with Gasteiger partial charge in [0, 0.05) is 44.5 Å². The maximum atomic E-state index is 8.89. The van der Waals surface area contributed by atoms with Gasteiger partial charge in [0.1, 0.15) is 11.9 Å². The van der Waals surface area contributed by atoms with Gasteiger partial charge in [-0.2, -0.15) is 5.26 Å². The molecule has 1 aliphatic heterocycles. The maximum absolute atomic E-state index is 8.89. The van der Waals surface area contributed by atoms with Crippen molar-refractivity contribution in [3.8, 4) is 23.3 Å². The number of ether oxygens (including phenoxy) is 3. The molecule has 7 heteroatoms. The Morgan fingerprint density at radius 3 is 2.26 bits per heavy atom. The van der Waals surface area contributed by atoms with E-state index in [-0.39, 0.29) is 0 Å². The van der Waals surface area contributed by atoms with Gasteiger partial charge >= 0.3 is 0 Å². The first-order valence-electron chi connectivity index (χ1n) is 8.81. The second kappa shape index (κ2) is 8.60. The molecule has 0 spiro atoms. The molecule has 2 aromatic rings. The number of pyridine rings is 1. The zero-order valence-electron chi connectivity index (χ0n) is 15.9. The predicted octanol–water partition coefficient (Wildman–Crippen LogP) is 2.30. The van der Waals surface area contributed by atoms with Crippen molar-refractivity contribution >= 4 is 5.82 Å². The molecule has 0 amide bonds. The zero-order valence-corrected chi connectivity index (χ0v) is 15.9. The fourth-order valence-corrected chi connectivity index (χ4v) is 3.30. The monoisotopic (exact) mass is 368 g/mol. The van der Waals surface area contributed by atoms with Crippen LogP contribution in [0.3, 0.4) is 0 Å². The van der Waals surface area contributed by atoms with Crippen molar-refractivity contribution in [2.45, 2.75) is 6.54 Å². The van der Waals surface area contributed by atoms with Crippen LogP contribution in [-0.2, 0) is 6.54 Å². The molecule has 1 aromatic carbocycles. The Balaban J connectivity index is 1.66. The van der Waals surface area contributed by atoms with Crippen LogP contribution in [0.4, 0.5) is 5.82 Å². The van der Waals surface area contributed by atoms with E-state index in [2.05, 4.69) is 20.9 Å². The molecule has 7 nitrogen and oxygen atoms in total. The third-order valence-corrected chi connectivity index (χ3v) is 4.75. The van der Waals surface area contributed by atoms with Crippen LogP contribution in [0, 0.1) is 11.3 Å². The van der Waals surface area contributed by atoms with Crippen molar-refractivity contribution < 1.29 is 14.2 Å². The summed E-state index contributed by atoms with van der Waals surface area (Å²) < 4.78 is 16.4. The summed E-state index contributed by atoms with van der Waals surface area (Å²) in [5.74, 6) is 2.91. The van der Waals surface area contributed by atoms with Gasteiger partial charge in [0.25, 0.3) is 0 Å². The molecule has 1 fully saturated rings. The molecule has 0 aliphatic carbocycles. The van der Waals surface area contributed by atoms with Gasteiger partial charge in [-0.1, -0.05) is 6.07 Å². The summed E-state index contributed by atoms with van der Waals surface area (Å²) in [6.07, 6.45) is 1.62. The molecule has 0 N–H and O–H groups in total. The first-order valence-corrected chi connectivity index (χ1v) is 8.81. The van der Waals surface area contributed by atoms with Gasteiger partial charge in [-0.3, -0.25) is 4.90 Å². The van der Waals surface area contributed by atoms with Crippen LogP contribution in [0.5, 0.6) is 17.2 Å². The van der Waals surface area contributed by atoms with Crippen LogP contribution < -0.4 is 19.1 Å². The number of nitriles is 1. The number of hydrogen-bond donors (Lipinski definition) is 0. The van der Waals surface area contributed by atoms with E-state index in [0.717, 1.165) is 44.1 Å². The van der Waals surface area contributed by atoms with Crippen LogP contribution >= 0.6 is 0 Å². The second-order valence-corrected chi connectivity index (χ2v) is 6.27. The van der Waals surface area contributed by atoms with E-state index < -0.39 is 0 Å². The van der Waals surface area contributed by atoms with Crippen molar-refractivity contribution in [2.75, 3.05) is 52.4 Å². The lowest BCUT2D eigenvalue weighted by molar-refractivity contribution is 0.243. The summed E-state index contributed by atoms with van der Waals surface area (Å²) in [4.78, 5) is 9.00. The highest BCUT2D eigenvalue weighted by Gasteiger charge is 2.21. The Kier molecular flexibility index (Phi) is 5.99. The number of nitrogens with zero attached hydrogens (tertiary/aromatic N) is 4. The summed E-state index contributed by atoms with van der Waals surface area (Å²) in [6, 6.07) is 9.75. The van der Waals surface area contributed by atoms with E-state index in [1.54, 1.807) is 27.5 Å². The molecular formula is C20H24N4O3. The highest BCUT2D eigenvalue weighted by molar-refractivity contribution is 5.55. The number of piperazine rings is 1. The lowest BCUT2D eigenvalue weighted by Gasteiger charge is -2.35. The molecular weight excluding hydrogens is 344 g/mol. The van der Waals surface area contributed by atoms with Gasteiger partial charge in [0.05, 0.1) is 26.9 Å². The van der Waals surface area contributed by atoms with Crippen LogP contribution in [0.2, 0.25) is 0 Å². The lowest BCUT2D eigenvalue weighted by Crippen LogP contribution is -2.46. The Morgan fingerprint density at radius 2 is 1.70 bits per heavy atom. The Bertz CT molecular complexity index is 809. The van der Waals surface area contributed by atoms with Crippen molar-refractivity contribution in [3.63, 3.8) is 0 Å². The van der Waals surface area contributed by atoms with E-state index in [0.29, 0.717) is 22.8 Å². The largest absolute Gasteiger partial charge is 0.493 e. The fourth-order valence-electron chi connectivity index (χ4n) is 3.30. The first-order chi connectivity index (χ1) is 13.2. The van der Waals surface area contributed by atoms with E-state index in [9.17, 15) is 0 Å². The summed E-state index contributed by atoms with van der Waals surface area (Å²) in [5.41, 5.74) is 1.65. The third-order valence-electron chi connectivity index (χ3n) is 4.75. The van der Waals surface area contributed by atoms with Crippen molar-refractivity contribution in [1.29, 1.82) is 5.26 Å². The van der Waals surface area contributed by atoms with Gasteiger partial charge in [-0.25, -0.2) is 4.98 Å². The molecule has 3 rings (SSSR count). The summed E-state index contributed by atoms with van der Waals surface area (Å²) in [7, 11) is 4.89. The van der Waals surface area contributed by atoms with Crippen molar-refractivity contribution in [2.24, 2.45) is 0 Å². The van der Waals surface area contributed by atoms with E-state index in [1.165, 1.54) is 0 Å². The molecule has 0 unspecified atom stereocenters. The maximum Gasteiger partial charge on any atom is 0.203 e. The van der Waals surface area contributed by atoms with Crippen molar-refractivity contribution in [1.82, 2.24) is 9.88 Å². The quantitative estimate of drug-likeness (QED) is 0.775. The van der Waals surface area contributed by atoms with Gasteiger partial charge < -0.3 is 19.1 Å². The SMILES string of the molecule is COc1ccc(CN2CCN(c3ccc(C#N)cn3)CC2)c(OC)c1OC. The van der Waals surface area contributed by atoms with Gasteiger partial charge in [-0.15, -0.1) is 0 Å². The summed E-state index contributed by atoms with van der Waals surface area (Å²) in [5, 5.41) is 8.89. The second-order valence-electron chi connectivity index (χ2n) is 6.27. The Morgan fingerprint density at radius 1 is 0.963 bits per heavy atom.